The van der Waals surface area contributed by atoms with E-state index in [4.69, 9.17) is 0 Å². The van der Waals surface area contributed by atoms with Gasteiger partial charge in [0.15, 0.2) is 0 Å². The van der Waals surface area contributed by atoms with E-state index in [-0.39, 0.29) is 17.7 Å². The van der Waals surface area contributed by atoms with Crippen LogP contribution in [0, 0.1) is 11.8 Å². The smallest absolute Gasteiger partial charge is 0.332 e. The van der Waals surface area contributed by atoms with E-state index in [0.29, 0.717) is 17.0 Å². The first-order valence-corrected chi connectivity index (χ1v) is 8.13. The van der Waals surface area contributed by atoms with Gasteiger partial charge in [-0.3, -0.25) is 9.79 Å². The number of amidine groups is 1. The molecule has 1 aliphatic heterocycles. The zero-order chi connectivity index (χ0) is 16.5. The molecule has 1 aliphatic carbocycles. The van der Waals surface area contributed by atoms with Gasteiger partial charge in [-0.05, 0) is 38.5 Å². The van der Waals surface area contributed by atoms with Crippen molar-refractivity contribution in [3.8, 4) is 0 Å². The van der Waals surface area contributed by atoms with Crippen LogP contribution in [0.1, 0.15) is 59.8 Å². The van der Waals surface area contributed by atoms with E-state index in [2.05, 4.69) is 10.3 Å². The third kappa shape index (κ3) is 2.94. The fraction of sp³-hybridized carbons (Fsp3) is 0.706. The Morgan fingerprint density at radius 3 is 2.36 bits per heavy atom. The number of hydrogen-bond donors (Lipinski definition) is 2. The summed E-state index contributed by atoms with van der Waals surface area (Å²) in [5, 5.41) is 12.4. The van der Waals surface area contributed by atoms with Crippen molar-refractivity contribution in [2.45, 2.75) is 65.3 Å². The first-order chi connectivity index (χ1) is 10.3. The molecule has 0 aromatic carbocycles. The van der Waals surface area contributed by atoms with Gasteiger partial charge in [-0.1, -0.05) is 33.1 Å². The van der Waals surface area contributed by atoms with E-state index in [1.807, 2.05) is 13.8 Å². The van der Waals surface area contributed by atoms with Gasteiger partial charge in [0, 0.05) is 11.1 Å². The highest BCUT2D eigenvalue weighted by Crippen LogP contribution is 2.33. The monoisotopic (exact) mass is 306 g/mol. The van der Waals surface area contributed by atoms with Crippen LogP contribution in [0.3, 0.4) is 0 Å². The van der Waals surface area contributed by atoms with Gasteiger partial charge in [0.2, 0.25) is 0 Å². The fourth-order valence-electron chi connectivity index (χ4n) is 3.27. The van der Waals surface area contributed by atoms with Gasteiger partial charge in [-0.15, -0.1) is 0 Å². The van der Waals surface area contributed by atoms with Crippen LogP contribution in [-0.4, -0.2) is 28.4 Å². The number of nitrogens with one attached hydrogen (secondary N) is 1. The Bertz CT molecular complexity index is 542. The average molecular weight is 306 g/mol. The van der Waals surface area contributed by atoms with Crippen LogP contribution < -0.4 is 5.32 Å². The Morgan fingerprint density at radius 1 is 1.32 bits per heavy atom. The molecule has 5 heteroatoms. The minimum Gasteiger partial charge on any atom is -0.478 e. The van der Waals surface area contributed by atoms with Gasteiger partial charge in [0.1, 0.15) is 11.4 Å². The van der Waals surface area contributed by atoms with Crippen molar-refractivity contribution in [3.63, 3.8) is 0 Å². The first-order valence-electron chi connectivity index (χ1n) is 8.13. The Balaban J connectivity index is 2.39. The van der Waals surface area contributed by atoms with E-state index >= 15 is 0 Å². The summed E-state index contributed by atoms with van der Waals surface area (Å²) in [6, 6.07) is 0. The highest BCUT2D eigenvalue weighted by molar-refractivity contribution is 6.17. The van der Waals surface area contributed by atoms with Gasteiger partial charge in [0.05, 0.1) is 0 Å². The molecule has 0 aromatic rings. The van der Waals surface area contributed by atoms with Crippen LogP contribution in [0.2, 0.25) is 0 Å². The number of aliphatic carboxylic acids is 1. The molecule has 1 fully saturated rings. The van der Waals surface area contributed by atoms with Crippen molar-refractivity contribution in [1.82, 2.24) is 5.32 Å². The molecule has 0 spiro atoms. The lowest BCUT2D eigenvalue weighted by atomic mass is 9.81. The van der Waals surface area contributed by atoms with Gasteiger partial charge < -0.3 is 10.4 Å². The summed E-state index contributed by atoms with van der Waals surface area (Å²) in [4.78, 5) is 28.5. The molecule has 1 amide bonds. The van der Waals surface area contributed by atoms with Crippen molar-refractivity contribution < 1.29 is 14.7 Å². The predicted molar refractivity (Wildman–Crippen MR) is 85.7 cm³/mol. The Morgan fingerprint density at radius 2 is 1.91 bits per heavy atom. The minimum atomic E-state index is -0.889. The summed E-state index contributed by atoms with van der Waals surface area (Å²) in [5.41, 5.74) is 0.219. The van der Waals surface area contributed by atoms with Crippen molar-refractivity contribution in [1.29, 1.82) is 0 Å². The highest BCUT2D eigenvalue weighted by Gasteiger charge is 2.42. The largest absolute Gasteiger partial charge is 0.478 e. The molecular formula is C17H26N2O3. The second-order valence-electron chi connectivity index (χ2n) is 6.90. The summed E-state index contributed by atoms with van der Waals surface area (Å²) in [6.45, 7) is 7.46. The summed E-state index contributed by atoms with van der Waals surface area (Å²) in [7, 11) is 0. The summed E-state index contributed by atoms with van der Waals surface area (Å²) in [5.74, 6) is -0.480. The van der Waals surface area contributed by atoms with E-state index < -0.39 is 11.5 Å². The molecular weight excluding hydrogens is 280 g/mol. The second kappa shape index (κ2) is 6.23. The maximum atomic E-state index is 12.2. The molecule has 1 unspecified atom stereocenters. The summed E-state index contributed by atoms with van der Waals surface area (Å²) >= 11 is 0. The maximum Gasteiger partial charge on any atom is 0.332 e. The molecule has 1 saturated carbocycles. The average Bonchev–Trinajstić information content (AvgIpc) is 2.77. The molecule has 122 valence electrons. The van der Waals surface area contributed by atoms with Crippen LogP contribution >= 0.6 is 0 Å². The number of hydrogen-bond acceptors (Lipinski definition) is 3. The molecule has 2 N–H and O–H groups in total. The molecule has 1 heterocycles. The van der Waals surface area contributed by atoms with Crippen LogP contribution in [0.25, 0.3) is 0 Å². The van der Waals surface area contributed by atoms with Crippen molar-refractivity contribution in [2.75, 3.05) is 0 Å². The Hall–Kier alpha value is -1.65. The molecule has 0 radical (unpaired) electrons. The number of rotatable bonds is 4. The van der Waals surface area contributed by atoms with Crippen molar-refractivity contribution >= 4 is 17.7 Å². The topological polar surface area (TPSA) is 78.8 Å². The van der Waals surface area contributed by atoms with Gasteiger partial charge in [0.25, 0.3) is 5.91 Å². The molecule has 0 saturated heterocycles. The third-order valence-electron chi connectivity index (χ3n) is 5.16. The quantitative estimate of drug-likeness (QED) is 0.784. The normalized spacial score (nSPS) is 27.5. The third-order valence-corrected chi connectivity index (χ3v) is 5.16. The Kier molecular flexibility index (Phi) is 4.73. The lowest BCUT2D eigenvalue weighted by molar-refractivity contribution is -0.133. The highest BCUT2D eigenvalue weighted by atomic mass is 16.4. The predicted octanol–water partition coefficient (Wildman–Crippen LogP) is 2.91. The first kappa shape index (κ1) is 16.7. The summed E-state index contributed by atoms with van der Waals surface area (Å²) in [6.07, 6.45) is 5.11. The molecule has 0 bridgehead atoms. The minimum absolute atomic E-state index is 0.0563. The number of aliphatic imine (C=N–C) groups is 1. The second-order valence-corrected chi connectivity index (χ2v) is 6.90. The van der Waals surface area contributed by atoms with Crippen LogP contribution in [-0.2, 0) is 9.59 Å². The number of carboxylic acids is 1. The SMILES string of the molecule is C/C(C1=NC(C)(C(C)C)C(=O)N1)=C(\C(=O)O)C1CCCCC1. The number of amides is 1. The van der Waals surface area contributed by atoms with Gasteiger partial charge in [-0.25, -0.2) is 4.79 Å². The standard InChI is InChI=1S/C17H26N2O3/c1-10(2)17(4)16(22)18-14(19-17)11(3)13(15(20)21)12-8-6-5-7-9-12/h10,12H,5-9H2,1-4H3,(H,20,21)(H,18,19,22)/b13-11+. The molecule has 22 heavy (non-hydrogen) atoms. The van der Waals surface area contributed by atoms with Crippen LogP contribution in [0.4, 0.5) is 0 Å². The van der Waals surface area contributed by atoms with Crippen molar-refractivity contribution in [2.24, 2.45) is 16.8 Å². The number of carbonyl (C=O) groups is 2. The lowest BCUT2D eigenvalue weighted by Gasteiger charge is -2.24. The van der Waals surface area contributed by atoms with Crippen LogP contribution in [0.5, 0.6) is 0 Å². The van der Waals surface area contributed by atoms with E-state index in [1.54, 1.807) is 13.8 Å². The number of carboxylic acid groups (broad SMARTS) is 1. The van der Waals surface area contributed by atoms with E-state index in [1.165, 1.54) is 6.42 Å². The Labute approximate surface area is 131 Å². The van der Waals surface area contributed by atoms with Gasteiger partial charge >= 0.3 is 5.97 Å². The molecule has 5 nitrogen and oxygen atoms in total. The zero-order valence-corrected chi connectivity index (χ0v) is 13.9. The van der Waals surface area contributed by atoms with E-state index in [9.17, 15) is 14.7 Å². The summed E-state index contributed by atoms with van der Waals surface area (Å²) < 4.78 is 0. The maximum absolute atomic E-state index is 12.2. The van der Waals surface area contributed by atoms with E-state index in [0.717, 1.165) is 25.7 Å². The molecule has 2 aliphatic rings. The number of nitrogens with zero attached hydrogens (tertiary/aromatic N) is 1. The fourth-order valence-corrected chi connectivity index (χ4v) is 3.27. The van der Waals surface area contributed by atoms with Crippen molar-refractivity contribution in [3.05, 3.63) is 11.1 Å². The molecule has 1 atom stereocenters. The van der Waals surface area contributed by atoms with Crippen LogP contribution in [0.15, 0.2) is 16.1 Å². The number of carbonyl (C=O) groups excluding carboxylic acids is 1. The van der Waals surface area contributed by atoms with Gasteiger partial charge in [-0.2, -0.15) is 0 Å². The molecule has 0 aromatic heterocycles. The lowest BCUT2D eigenvalue weighted by Crippen LogP contribution is -2.41. The zero-order valence-electron chi connectivity index (χ0n) is 13.9. The molecule has 2 rings (SSSR count).